The maximum atomic E-state index is 11.5. The smallest absolute Gasteiger partial charge is 0.236 e. The van der Waals surface area contributed by atoms with E-state index in [0.29, 0.717) is 6.54 Å². The summed E-state index contributed by atoms with van der Waals surface area (Å²) in [5.74, 6) is 1.88. The summed E-state index contributed by atoms with van der Waals surface area (Å²) in [4.78, 5) is 13.3. The van der Waals surface area contributed by atoms with E-state index in [-0.39, 0.29) is 11.9 Å². The van der Waals surface area contributed by atoms with E-state index in [9.17, 15) is 4.79 Å². The van der Waals surface area contributed by atoms with Crippen LogP contribution in [0.2, 0.25) is 0 Å². The lowest BCUT2D eigenvalue weighted by atomic mass is 10.0. The van der Waals surface area contributed by atoms with E-state index in [1.54, 1.807) is 4.90 Å². The van der Waals surface area contributed by atoms with E-state index in [2.05, 4.69) is 17.4 Å². The van der Waals surface area contributed by atoms with Crippen molar-refractivity contribution < 1.29 is 9.53 Å². The van der Waals surface area contributed by atoms with E-state index in [1.165, 1.54) is 5.56 Å². The number of rotatable bonds is 4. The zero-order valence-corrected chi connectivity index (χ0v) is 13.6. The monoisotopic (exact) mass is 310 g/mol. The fourth-order valence-corrected chi connectivity index (χ4v) is 2.82. The van der Waals surface area contributed by atoms with E-state index in [0.717, 1.165) is 30.0 Å². The van der Waals surface area contributed by atoms with Gasteiger partial charge in [0.2, 0.25) is 5.91 Å². The maximum Gasteiger partial charge on any atom is 0.236 e. The van der Waals surface area contributed by atoms with Crippen LogP contribution in [0.4, 0.5) is 0 Å². The first kappa shape index (κ1) is 15.6. The van der Waals surface area contributed by atoms with E-state index in [4.69, 9.17) is 4.74 Å². The number of carbonyl (C=O) groups is 1. The molecular weight excluding hydrogens is 288 g/mol. The van der Waals surface area contributed by atoms with Crippen LogP contribution in [0.5, 0.6) is 11.5 Å². The summed E-state index contributed by atoms with van der Waals surface area (Å²) in [5.41, 5.74) is 2.32. The first-order chi connectivity index (χ1) is 11.1. The summed E-state index contributed by atoms with van der Waals surface area (Å²) >= 11 is 0. The highest BCUT2D eigenvalue weighted by Gasteiger charge is 2.22. The topological polar surface area (TPSA) is 41.6 Å². The molecule has 1 atom stereocenters. The van der Waals surface area contributed by atoms with Gasteiger partial charge in [0.25, 0.3) is 0 Å². The van der Waals surface area contributed by atoms with Gasteiger partial charge in [0.05, 0.1) is 6.54 Å². The van der Waals surface area contributed by atoms with Gasteiger partial charge in [0, 0.05) is 19.6 Å². The number of hydrogen-bond acceptors (Lipinski definition) is 3. The van der Waals surface area contributed by atoms with Crippen LogP contribution in [0.1, 0.15) is 11.1 Å². The number of nitrogens with one attached hydrogen (secondary N) is 1. The molecule has 0 aliphatic carbocycles. The average Bonchev–Trinajstić information content (AvgIpc) is 2.54. The predicted molar refractivity (Wildman–Crippen MR) is 90.8 cm³/mol. The molecule has 0 radical (unpaired) electrons. The van der Waals surface area contributed by atoms with Crippen LogP contribution < -0.4 is 10.1 Å². The minimum Gasteiger partial charge on any atom is -0.457 e. The molecule has 120 valence electrons. The van der Waals surface area contributed by atoms with E-state index < -0.39 is 0 Å². The van der Waals surface area contributed by atoms with Gasteiger partial charge < -0.3 is 15.0 Å². The van der Waals surface area contributed by atoms with E-state index in [1.807, 2.05) is 50.4 Å². The van der Waals surface area contributed by atoms with Crippen molar-refractivity contribution in [2.75, 3.05) is 20.1 Å². The number of hydrogen-bond donors (Lipinski definition) is 1. The van der Waals surface area contributed by atoms with Crippen molar-refractivity contribution in [2.24, 2.45) is 0 Å². The number of benzene rings is 2. The van der Waals surface area contributed by atoms with Crippen molar-refractivity contribution in [3.8, 4) is 11.5 Å². The van der Waals surface area contributed by atoms with Gasteiger partial charge in [0.1, 0.15) is 11.5 Å². The first-order valence-electron chi connectivity index (χ1n) is 7.91. The fraction of sp³-hybridized carbons (Fsp3) is 0.316. The molecule has 4 heteroatoms. The maximum absolute atomic E-state index is 11.5. The van der Waals surface area contributed by atoms with Crippen LogP contribution in [0, 0.1) is 6.92 Å². The van der Waals surface area contributed by atoms with Crippen molar-refractivity contribution in [1.82, 2.24) is 10.2 Å². The number of carbonyl (C=O) groups excluding carboxylic acids is 1. The molecule has 2 aromatic rings. The molecule has 1 N–H and O–H groups in total. The van der Waals surface area contributed by atoms with Gasteiger partial charge in [-0.3, -0.25) is 4.79 Å². The van der Waals surface area contributed by atoms with Crippen LogP contribution in [0.15, 0.2) is 48.5 Å². The minimum atomic E-state index is 0.151. The third-order valence-electron chi connectivity index (χ3n) is 4.16. The van der Waals surface area contributed by atoms with Crippen LogP contribution in [0.3, 0.4) is 0 Å². The molecule has 2 aromatic carbocycles. The Labute approximate surface area is 137 Å². The number of aryl methyl sites for hydroxylation is 1. The zero-order valence-electron chi connectivity index (χ0n) is 13.6. The van der Waals surface area contributed by atoms with Crippen molar-refractivity contribution in [3.05, 3.63) is 59.7 Å². The largest absolute Gasteiger partial charge is 0.457 e. The van der Waals surface area contributed by atoms with Crippen LogP contribution in [-0.2, 0) is 11.2 Å². The number of likely N-dealkylation sites (N-methyl/N-ethyl adjacent to an activating group) is 1. The minimum absolute atomic E-state index is 0.151. The van der Waals surface area contributed by atoms with Gasteiger partial charge in [-0.1, -0.05) is 30.3 Å². The van der Waals surface area contributed by atoms with Crippen LogP contribution >= 0.6 is 0 Å². The molecule has 1 amide bonds. The molecule has 1 saturated heterocycles. The Hall–Kier alpha value is -2.33. The Morgan fingerprint density at radius 3 is 2.83 bits per heavy atom. The normalized spacial score (nSPS) is 18.1. The third-order valence-corrected chi connectivity index (χ3v) is 4.16. The summed E-state index contributed by atoms with van der Waals surface area (Å²) < 4.78 is 5.99. The molecule has 1 heterocycles. The van der Waals surface area contributed by atoms with E-state index >= 15 is 0 Å². The summed E-state index contributed by atoms with van der Waals surface area (Å²) in [6, 6.07) is 16.4. The van der Waals surface area contributed by atoms with Gasteiger partial charge in [-0.05, 0) is 42.7 Å². The standard InChI is InChI=1S/C19H22N2O2/c1-14-6-3-4-9-18(14)23-17-8-5-7-15(11-17)10-16-13-21(2)19(22)12-20-16/h3-9,11,16,20H,10,12-13H2,1-2H3. The molecule has 0 saturated carbocycles. The molecule has 0 spiro atoms. The van der Waals surface area contributed by atoms with Gasteiger partial charge in [-0.15, -0.1) is 0 Å². The average molecular weight is 310 g/mol. The van der Waals surface area contributed by atoms with Gasteiger partial charge in [0.15, 0.2) is 0 Å². The van der Waals surface area contributed by atoms with Crippen molar-refractivity contribution in [1.29, 1.82) is 0 Å². The highest BCUT2D eigenvalue weighted by atomic mass is 16.5. The van der Waals surface area contributed by atoms with Crippen molar-refractivity contribution in [3.63, 3.8) is 0 Å². The lowest BCUT2D eigenvalue weighted by Crippen LogP contribution is -2.53. The predicted octanol–water partition coefficient (Wildman–Crippen LogP) is 2.76. The second-order valence-corrected chi connectivity index (χ2v) is 6.07. The Bertz CT molecular complexity index is 699. The molecule has 23 heavy (non-hydrogen) atoms. The molecule has 1 fully saturated rings. The second kappa shape index (κ2) is 6.84. The lowest BCUT2D eigenvalue weighted by molar-refractivity contribution is -0.131. The quantitative estimate of drug-likeness (QED) is 0.944. The molecule has 4 nitrogen and oxygen atoms in total. The Morgan fingerprint density at radius 1 is 1.22 bits per heavy atom. The van der Waals surface area contributed by atoms with Crippen molar-refractivity contribution in [2.45, 2.75) is 19.4 Å². The van der Waals surface area contributed by atoms with Crippen molar-refractivity contribution >= 4 is 5.91 Å². The molecule has 0 aromatic heterocycles. The molecule has 0 bridgehead atoms. The first-order valence-corrected chi connectivity index (χ1v) is 7.91. The molecule has 1 unspecified atom stereocenters. The number of amides is 1. The molecule has 1 aliphatic rings. The summed E-state index contributed by atoms with van der Waals surface area (Å²) in [7, 11) is 1.86. The third kappa shape index (κ3) is 3.90. The molecule has 3 rings (SSSR count). The number of piperazine rings is 1. The summed E-state index contributed by atoms with van der Waals surface area (Å²) in [6.45, 7) is 3.19. The number of ether oxygens (including phenoxy) is 1. The molecule has 1 aliphatic heterocycles. The summed E-state index contributed by atoms with van der Waals surface area (Å²) in [6.07, 6.45) is 0.878. The zero-order chi connectivity index (χ0) is 16.2. The summed E-state index contributed by atoms with van der Waals surface area (Å²) in [5, 5.41) is 3.29. The van der Waals surface area contributed by atoms with Crippen LogP contribution in [-0.4, -0.2) is 37.0 Å². The highest BCUT2D eigenvalue weighted by molar-refractivity contribution is 5.78. The second-order valence-electron chi connectivity index (χ2n) is 6.07. The SMILES string of the molecule is Cc1ccccc1Oc1cccc(CC2CN(C)C(=O)CN2)c1. The van der Waals surface area contributed by atoms with Gasteiger partial charge in [-0.25, -0.2) is 0 Å². The van der Waals surface area contributed by atoms with Crippen LogP contribution in [0.25, 0.3) is 0 Å². The lowest BCUT2D eigenvalue weighted by Gasteiger charge is -2.30. The number of para-hydroxylation sites is 1. The fourth-order valence-electron chi connectivity index (χ4n) is 2.82. The molecular formula is C19H22N2O2. The Kier molecular flexibility index (Phi) is 4.63. The van der Waals surface area contributed by atoms with Gasteiger partial charge in [-0.2, -0.15) is 0 Å². The Morgan fingerprint density at radius 2 is 2.04 bits per heavy atom. The number of nitrogens with zero attached hydrogens (tertiary/aromatic N) is 1. The highest BCUT2D eigenvalue weighted by Crippen LogP contribution is 2.25. The van der Waals surface area contributed by atoms with Gasteiger partial charge >= 0.3 is 0 Å². The Balaban J connectivity index is 1.68.